The number of alkyl halides is 1. The number of fused-ring (bicyclic) bond motifs is 1. The van der Waals surface area contributed by atoms with Crippen LogP contribution in [0.25, 0.3) is 0 Å². The second-order valence-electron chi connectivity index (χ2n) is 8.16. The van der Waals surface area contributed by atoms with Gasteiger partial charge in [-0.15, -0.1) is 0 Å². The molecule has 0 aliphatic carbocycles. The maximum Gasteiger partial charge on any atom is 0.410 e. The Labute approximate surface area is 192 Å². The van der Waals surface area contributed by atoms with Gasteiger partial charge in [0, 0.05) is 17.4 Å². The van der Waals surface area contributed by atoms with Crippen molar-refractivity contribution < 1.29 is 28.5 Å². The third kappa shape index (κ3) is 6.38. The minimum absolute atomic E-state index is 0.302. The zero-order chi connectivity index (χ0) is 23.2. The molecule has 1 aliphatic heterocycles. The number of esters is 1. The number of methoxy groups -OCH3 is 2. The fourth-order valence-electron chi connectivity index (χ4n) is 3.49. The number of hydrogen-bond donors (Lipinski definition) is 0. The highest BCUT2D eigenvalue weighted by Gasteiger charge is 2.34. The molecule has 172 valence electrons. The molecule has 31 heavy (non-hydrogen) atoms. The topological polar surface area (TPSA) is 74.3 Å². The van der Waals surface area contributed by atoms with Crippen LogP contribution in [0.1, 0.15) is 51.3 Å². The smallest absolute Gasteiger partial charge is 0.410 e. The summed E-state index contributed by atoms with van der Waals surface area (Å²) in [7, 11) is 3.18. The second-order valence-corrected chi connectivity index (χ2v) is 8.73. The summed E-state index contributed by atoms with van der Waals surface area (Å²) in [5.41, 5.74) is 1.93. The standard InChI is InChI=1S/C23H32BrNO6/c1-7-30-21(26)16(14-24)8-9-18-17-13-20(29-6)19(28-5)12-15(17)10-11-25(18)22(27)31-23(2,3)4/h8,12-13,18H,7,9-11,14H2,1-6H3/b16-8-. The number of carbonyl (C=O) groups is 2. The Hall–Kier alpha value is -2.22. The van der Waals surface area contributed by atoms with Gasteiger partial charge in [0.2, 0.25) is 0 Å². The minimum Gasteiger partial charge on any atom is -0.493 e. The van der Waals surface area contributed by atoms with Gasteiger partial charge in [0.05, 0.1) is 26.9 Å². The third-order valence-corrected chi connectivity index (χ3v) is 5.50. The molecule has 1 amide bonds. The molecule has 0 fully saturated rings. The molecule has 8 heteroatoms. The zero-order valence-electron chi connectivity index (χ0n) is 19.1. The first-order valence-corrected chi connectivity index (χ1v) is 11.4. The van der Waals surface area contributed by atoms with Crippen LogP contribution in [0, 0.1) is 0 Å². The van der Waals surface area contributed by atoms with Crippen LogP contribution in [0.5, 0.6) is 11.5 Å². The molecule has 0 aromatic heterocycles. The number of benzene rings is 1. The summed E-state index contributed by atoms with van der Waals surface area (Å²) >= 11 is 3.36. The summed E-state index contributed by atoms with van der Waals surface area (Å²) in [4.78, 5) is 26.9. The Balaban J connectivity index is 2.47. The summed E-state index contributed by atoms with van der Waals surface area (Å²) in [6, 6.07) is 3.54. The van der Waals surface area contributed by atoms with E-state index in [1.165, 1.54) is 0 Å². The monoisotopic (exact) mass is 497 g/mol. The number of ether oxygens (including phenoxy) is 4. The Morgan fingerprint density at radius 1 is 1.19 bits per heavy atom. The number of rotatable bonds is 7. The minimum atomic E-state index is -0.610. The lowest BCUT2D eigenvalue weighted by molar-refractivity contribution is -0.138. The van der Waals surface area contributed by atoms with E-state index < -0.39 is 5.60 Å². The van der Waals surface area contributed by atoms with E-state index in [1.54, 1.807) is 26.0 Å². The van der Waals surface area contributed by atoms with Gasteiger partial charge in [-0.3, -0.25) is 0 Å². The van der Waals surface area contributed by atoms with Crippen LogP contribution >= 0.6 is 15.9 Å². The van der Waals surface area contributed by atoms with Crippen molar-refractivity contribution in [2.75, 3.05) is 32.7 Å². The Morgan fingerprint density at radius 3 is 2.39 bits per heavy atom. The molecule has 0 spiro atoms. The van der Waals surface area contributed by atoms with Crippen molar-refractivity contribution in [3.63, 3.8) is 0 Å². The summed E-state index contributed by atoms with van der Waals surface area (Å²) < 4.78 is 21.7. The summed E-state index contributed by atoms with van der Waals surface area (Å²) in [6.07, 6.45) is 2.53. The van der Waals surface area contributed by atoms with Gasteiger partial charge in [-0.25, -0.2) is 9.59 Å². The Morgan fingerprint density at radius 2 is 1.84 bits per heavy atom. The number of halogens is 1. The fourth-order valence-corrected chi connectivity index (χ4v) is 3.95. The molecule has 1 aromatic rings. The van der Waals surface area contributed by atoms with Crippen molar-refractivity contribution in [2.24, 2.45) is 0 Å². The molecule has 1 aliphatic rings. The van der Waals surface area contributed by atoms with E-state index in [9.17, 15) is 9.59 Å². The number of amides is 1. The molecule has 0 N–H and O–H groups in total. The van der Waals surface area contributed by atoms with Crippen molar-refractivity contribution in [2.45, 2.75) is 52.2 Å². The summed E-state index contributed by atoms with van der Waals surface area (Å²) in [6.45, 7) is 8.10. The molecule has 0 bridgehead atoms. The van der Waals surface area contributed by atoms with Crippen molar-refractivity contribution >= 4 is 28.0 Å². The molecule has 1 aromatic carbocycles. The van der Waals surface area contributed by atoms with Gasteiger partial charge in [-0.2, -0.15) is 0 Å². The second kappa shape index (κ2) is 10.9. The van der Waals surface area contributed by atoms with E-state index >= 15 is 0 Å². The highest BCUT2D eigenvalue weighted by atomic mass is 79.9. The predicted octanol–water partition coefficient (Wildman–Crippen LogP) is 4.81. The zero-order valence-corrected chi connectivity index (χ0v) is 20.7. The third-order valence-electron chi connectivity index (χ3n) is 4.90. The number of nitrogens with zero attached hydrogens (tertiary/aromatic N) is 1. The fraction of sp³-hybridized carbons (Fsp3) is 0.565. The maximum atomic E-state index is 13.0. The normalized spacial score (nSPS) is 16.4. The average molecular weight is 498 g/mol. The predicted molar refractivity (Wildman–Crippen MR) is 122 cm³/mol. The largest absolute Gasteiger partial charge is 0.493 e. The lowest BCUT2D eigenvalue weighted by atomic mass is 9.89. The molecular weight excluding hydrogens is 466 g/mol. The van der Waals surface area contributed by atoms with Gasteiger partial charge in [0.1, 0.15) is 5.60 Å². The van der Waals surface area contributed by atoms with Gasteiger partial charge in [-0.1, -0.05) is 22.0 Å². The molecule has 2 rings (SSSR count). The lowest BCUT2D eigenvalue weighted by Gasteiger charge is -2.38. The van der Waals surface area contributed by atoms with Crippen molar-refractivity contribution in [1.82, 2.24) is 4.90 Å². The van der Waals surface area contributed by atoms with Gasteiger partial charge in [0.25, 0.3) is 0 Å². The van der Waals surface area contributed by atoms with Gasteiger partial charge < -0.3 is 23.8 Å². The van der Waals surface area contributed by atoms with Gasteiger partial charge >= 0.3 is 12.1 Å². The molecule has 1 heterocycles. The highest BCUT2D eigenvalue weighted by Crippen LogP contribution is 2.40. The molecule has 1 atom stereocenters. The van der Waals surface area contributed by atoms with Gasteiger partial charge in [0.15, 0.2) is 11.5 Å². The maximum absolute atomic E-state index is 13.0. The van der Waals surface area contributed by atoms with Crippen LogP contribution in [0.3, 0.4) is 0 Å². The molecule has 7 nitrogen and oxygen atoms in total. The average Bonchev–Trinajstić information content (AvgIpc) is 2.71. The van der Waals surface area contributed by atoms with E-state index in [-0.39, 0.29) is 18.1 Å². The first-order valence-electron chi connectivity index (χ1n) is 10.3. The summed E-state index contributed by atoms with van der Waals surface area (Å²) in [5.74, 6) is 0.868. The van der Waals surface area contributed by atoms with E-state index in [0.29, 0.717) is 48.4 Å². The molecule has 0 saturated carbocycles. The Bertz CT molecular complexity index is 830. The van der Waals surface area contributed by atoms with E-state index in [0.717, 1.165) is 11.1 Å². The van der Waals surface area contributed by atoms with E-state index in [2.05, 4.69) is 15.9 Å². The quantitative estimate of drug-likeness (QED) is 0.305. The molecule has 0 radical (unpaired) electrons. The Kier molecular flexibility index (Phi) is 8.79. The van der Waals surface area contributed by atoms with E-state index in [1.807, 2.05) is 39.0 Å². The number of carbonyl (C=O) groups excluding carboxylic acids is 2. The van der Waals surface area contributed by atoms with E-state index in [4.69, 9.17) is 18.9 Å². The summed E-state index contributed by atoms with van der Waals surface area (Å²) in [5, 5.41) is 0.365. The lowest BCUT2D eigenvalue weighted by Crippen LogP contribution is -2.43. The van der Waals surface area contributed by atoms with Crippen LogP contribution < -0.4 is 9.47 Å². The molecule has 1 unspecified atom stereocenters. The van der Waals surface area contributed by atoms with Crippen LogP contribution in [0.2, 0.25) is 0 Å². The first kappa shape index (κ1) is 25.0. The SMILES string of the molecule is CCOC(=O)/C(=C\CC1c2cc(OC)c(OC)cc2CCN1C(=O)OC(C)(C)C)CBr. The molecule has 0 saturated heterocycles. The van der Waals surface area contributed by atoms with Crippen LogP contribution in [-0.4, -0.2) is 55.3 Å². The van der Waals surface area contributed by atoms with Gasteiger partial charge in [-0.05, 0) is 63.8 Å². The highest BCUT2D eigenvalue weighted by molar-refractivity contribution is 9.09. The van der Waals surface area contributed by atoms with Crippen molar-refractivity contribution in [3.8, 4) is 11.5 Å². The van der Waals surface area contributed by atoms with Crippen molar-refractivity contribution in [1.29, 1.82) is 0 Å². The molecular formula is C23H32BrNO6. The first-order chi connectivity index (χ1) is 14.6. The van der Waals surface area contributed by atoms with Crippen LogP contribution in [0.4, 0.5) is 4.79 Å². The van der Waals surface area contributed by atoms with Crippen molar-refractivity contribution in [3.05, 3.63) is 34.9 Å². The number of hydrogen-bond acceptors (Lipinski definition) is 6. The van der Waals surface area contributed by atoms with Crippen LogP contribution in [-0.2, 0) is 20.7 Å². The van der Waals surface area contributed by atoms with Crippen LogP contribution in [0.15, 0.2) is 23.8 Å².